The van der Waals surface area contributed by atoms with Gasteiger partial charge in [0.15, 0.2) is 0 Å². The lowest BCUT2D eigenvalue weighted by molar-refractivity contribution is -0.114. The number of ether oxygens (including phenoxy) is 1. The zero-order valence-electron chi connectivity index (χ0n) is 19.3. The first-order valence-corrected chi connectivity index (χ1v) is 11.9. The number of rotatable bonds is 10. The standard InChI is InChI=1S/C25H31ClN4O4/c1-34-13-12-27-24(32)17-6-5-9-20(14-17)29-23(31)16-28-19-10-11-22(26)21(15-19)25(33)30-18-7-3-2-4-8-18/h5-6,9-11,14-15,18,28H,2-4,7-8,12-13,16H2,1H3,(H,27,32)(H,29,31)(H,30,33). The predicted octanol–water partition coefficient (Wildman–Crippen LogP) is 3.83. The molecule has 1 fully saturated rings. The largest absolute Gasteiger partial charge is 0.383 e. The first-order valence-electron chi connectivity index (χ1n) is 11.5. The van der Waals surface area contributed by atoms with Gasteiger partial charge in [0, 0.05) is 36.6 Å². The molecule has 0 radical (unpaired) electrons. The van der Waals surface area contributed by atoms with Crippen LogP contribution in [-0.2, 0) is 9.53 Å². The Morgan fingerprint density at radius 2 is 1.79 bits per heavy atom. The van der Waals surface area contributed by atoms with Gasteiger partial charge in [0.05, 0.1) is 23.7 Å². The molecule has 0 bridgehead atoms. The molecule has 8 nitrogen and oxygen atoms in total. The highest BCUT2D eigenvalue weighted by molar-refractivity contribution is 6.34. The summed E-state index contributed by atoms with van der Waals surface area (Å²) >= 11 is 6.25. The van der Waals surface area contributed by atoms with Crippen molar-refractivity contribution in [3.63, 3.8) is 0 Å². The fourth-order valence-corrected chi connectivity index (χ4v) is 4.02. The number of carbonyl (C=O) groups excluding carboxylic acids is 3. The summed E-state index contributed by atoms with van der Waals surface area (Å²) in [5.41, 5.74) is 1.94. The normalized spacial score (nSPS) is 13.7. The molecule has 0 saturated heterocycles. The van der Waals surface area contributed by atoms with E-state index in [-0.39, 0.29) is 30.3 Å². The van der Waals surface area contributed by atoms with Crippen LogP contribution in [0.5, 0.6) is 0 Å². The minimum absolute atomic E-state index is 0.0183. The fourth-order valence-electron chi connectivity index (χ4n) is 3.81. The van der Waals surface area contributed by atoms with Gasteiger partial charge < -0.3 is 26.0 Å². The number of carbonyl (C=O) groups is 3. The smallest absolute Gasteiger partial charge is 0.253 e. The number of nitrogens with one attached hydrogen (secondary N) is 4. The zero-order chi connectivity index (χ0) is 24.3. The third-order valence-electron chi connectivity index (χ3n) is 5.60. The van der Waals surface area contributed by atoms with Gasteiger partial charge in [-0.2, -0.15) is 0 Å². The van der Waals surface area contributed by atoms with Crippen LogP contribution in [0.25, 0.3) is 0 Å². The van der Waals surface area contributed by atoms with Crippen LogP contribution < -0.4 is 21.3 Å². The SMILES string of the molecule is COCCNC(=O)c1cccc(NC(=O)CNc2ccc(Cl)c(C(=O)NC3CCCCC3)c2)c1. The lowest BCUT2D eigenvalue weighted by atomic mass is 9.95. The van der Waals surface area contributed by atoms with Gasteiger partial charge in [0.25, 0.3) is 11.8 Å². The van der Waals surface area contributed by atoms with Crippen molar-refractivity contribution in [1.82, 2.24) is 10.6 Å². The van der Waals surface area contributed by atoms with E-state index in [4.69, 9.17) is 16.3 Å². The van der Waals surface area contributed by atoms with Crippen LogP contribution in [0.1, 0.15) is 52.8 Å². The first kappa shape index (κ1) is 25.5. The number of hydrogen-bond acceptors (Lipinski definition) is 5. The van der Waals surface area contributed by atoms with Crippen molar-refractivity contribution in [1.29, 1.82) is 0 Å². The van der Waals surface area contributed by atoms with Crippen molar-refractivity contribution in [3.05, 3.63) is 58.6 Å². The molecule has 3 rings (SSSR count). The molecule has 3 amide bonds. The van der Waals surface area contributed by atoms with Gasteiger partial charge in [-0.3, -0.25) is 14.4 Å². The highest BCUT2D eigenvalue weighted by Crippen LogP contribution is 2.23. The Hall–Kier alpha value is -3.10. The molecule has 182 valence electrons. The Labute approximate surface area is 204 Å². The van der Waals surface area contributed by atoms with Gasteiger partial charge in [-0.25, -0.2) is 0 Å². The van der Waals surface area contributed by atoms with Gasteiger partial charge in [-0.05, 0) is 49.2 Å². The molecule has 0 spiro atoms. The average Bonchev–Trinajstić information content (AvgIpc) is 2.84. The van der Waals surface area contributed by atoms with Crippen molar-refractivity contribution in [2.45, 2.75) is 38.1 Å². The molecule has 0 aliphatic heterocycles. The van der Waals surface area contributed by atoms with Crippen molar-refractivity contribution in [2.24, 2.45) is 0 Å². The van der Waals surface area contributed by atoms with Crippen LogP contribution in [0.4, 0.5) is 11.4 Å². The highest BCUT2D eigenvalue weighted by atomic mass is 35.5. The molecule has 0 atom stereocenters. The Bertz CT molecular complexity index is 1010. The summed E-state index contributed by atoms with van der Waals surface area (Å²) in [5.74, 6) is -0.739. The molecule has 34 heavy (non-hydrogen) atoms. The second-order valence-electron chi connectivity index (χ2n) is 8.23. The summed E-state index contributed by atoms with van der Waals surface area (Å²) in [6.07, 6.45) is 5.42. The summed E-state index contributed by atoms with van der Waals surface area (Å²) in [7, 11) is 1.56. The van der Waals surface area contributed by atoms with E-state index in [0.29, 0.717) is 40.7 Å². The Balaban J connectivity index is 1.53. The van der Waals surface area contributed by atoms with E-state index < -0.39 is 0 Å². The van der Waals surface area contributed by atoms with E-state index in [2.05, 4.69) is 21.3 Å². The number of anilines is 2. The van der Waals surface area contributed by atoms with Crippen molar-refractivity contribution < 1.29 is 19.1 Å². The Morgan fingerprint density at radius 3 is 2.56 bits per heavy atom. The topological polar surface area (TPSA) is 109 Å². The summed E-state index contributed by atoms with van der Waals surface area (Å²) < 4.78 is 4.92. The summed E-state index contributed by atoms with van der Waals surface area (Å²) in [6.45, 7) is 0.801. The van der Waals surface area contributed by atoms with Crippen molar-refractivity contribution in [3.8, 4) is 0 Å². The second kappa shape index (κ2) is 13.0. The van der Waals surface area contributed by atoms with Gasteiger partial charge in [0.2, 0.25) is 5.91 Å². The third-order valence-corrected chi connectivity index (χ3v) is 5.93. The third kappa shape index (κ3) is 7.74. The second-order valence-corrected chi connectivity index (χ2v) is 8.64. The van der Waals surface area contributed by atoms with Gasteiger partial charge in [0.1, 0.15) is 0 Å². The maximum Gasteiger partial charge on any atom is 0.253 e. The number of halogens is 1. The lowest BCUT2D eigenvalue weighted by Crippen LogP contribution is -2.36. The summed E-state index contributed by atoms with van der Waals surface area (Å²) in [6, 6.07) is 11.9. The molecule has 0 aromatic heterocycles. The van der Waals surface area contributed by atoms with E-state index in [1.165, 1.54) is 6.42 Å². The van der Waals surface area contributed by atoms with E-state index in [0.717, 1.165) is 25.7 Å². The Morgan fingerprint density at radius 1 is 1.00 bits per heavy atom. The first-order chi connectivity index (χ1) is 16.5. The number of benzene rings is 2. The minimum Gasteiger partial charge on any atom is -0.383 e. The molecular formula is C25H31ClN4O4. The van der Waals surface area contributed by atoms with Crippen LogP contribution in [0.3, 0.4) is 0 Å². The molecule has 1 saturated carbocycles. The van der Waals surface area contributed by atoms with Crippen LogP contribution in [0.15, 0.2) is 42.5 Å². The van der Waals surface area contributed by atoms with Gasteiger partial charge >= 0.3 is 0 Å². The van der Waals surface area contributed by atoms with Crippen LogP contribution in [-0.4, -0.2) is 50.6 Å². The zero-order valence-corrected chi connectivity index (χ0v) is 20.0. The molecule has 2 aromatic rings. The summed E-state index contributed by atoms with van der Waals surface area (Å²) in [5, 5.41) is 11.9. The van der Waals surface area contributed by atoms with Crippen molar-refractivity contribution >= 4 is 40.7 Å². The van der Waals surface area contributed by atoms with E-state index >= 15 is 0 Å². The number of hydrogen-bond donors (Lipinski definition) is 4. The van der Waals surface area contributed by atoms with E-state index in [1.54, 1.807) is 49.6 Å². The Kier molecular flexibility index (Phi) is 9.73. The quantitative estimate of drug-likeness (QED) is 0.382. The molecule has 1 aliphatic carbocycles. The van der Waals surface area contributed by atoms with Crippen molar-refractivity contribution in [2.75, 3.05) is 37.4 Å². The van der Waals surface area contributed by atoms with E-state index in [1.807, 2.05) is 0 Å². The monoisotopic (exact) mass is 486 g/mol. The maximum atomic E-state index is 12.7. The van der Waals surface area contributed by atoms with Gasteiger partial charge in [-0.1, -0.05) is 36.9 Å². The van der Waals surface area contributed by atoms with Crippen LogP contribution >= 0.6 is 11.6 Å². The molecule has 0 heterocycles. The molecule has 4 N–H and O–H groups in total. The maximum absolute atomic E-state index is 12.7. The highest BCUT2D eigenvalue weighted by Gasteiger charge is 2.19. The summed E-state index contributed by atoms with van der Waals surface area (Å²) in [4.78, 5) is 37.3. The molecule has 0 unspecified atom stereocenters. The van der Waals surface area contributed by atoms with Crippen LogP contribution in [0.2, 0.25) is 5.02 Å². The molecule has 1 aliphatic rings. The average molecular weight is 487 g/mol. The molecule has 9 heteroatoms. The van der Waals surface area contributed by atoms with Gasteiger partial charge in [-0.15, -0.1) is 0 Å². The molecule has 2 aromatic carbocycles. The molecular weight excluding hydrogens is 456 g/mol. The fraction of sp³-hybridized carbons (Fsp3) is 0.400. The van der Waals surface area contributed by atoms with Crippen LogP contribution in [0, 0.1) is 0 Å². The number of methoxy groups -OCH3 is 1. The number of amides is 3. The predicted molar refractivity (Wildman–Crippen MR) is 134 cm³/mol. The minimum atomic E-state index is -0.292. The lowest BCUT2D eigenvalue weighted by Gasteiger charge is -2.23. The van der Waals surface area contributed by atoms with E-state index in [9.17, 15) is 14.4 Å².